The van der Waals surface area contributed by atoms with Crippen molar-refractivity contribution in [3.63, 3.8) is 0 Å². The molecule has 0 radical (unpaired) electrons. The smallest absolute Gasteiger partial charge is 0.264 e. The number of ether oxygens (including phenoxy) is 1. The summed E-state index contributed by atoms with van der Waals surface area (Å²) in [4.78, 5) is 17.4. The van der Waals surface area contributed by atoms with E-state index in [4.69, 9.17) is 4.74 Å². The highest BCUT2D eigenvalue weighted by molar-refractivity contribution is 9.11. The molecule has 0 aromatic heterocycles. The molecule has 1 saturated heterocycles. The van der Waals surface area contributed by atoms with E-state index in [1.807, 2.05) is 43.3 Å². The van der Waals surface area contributed by atoms with Crippen molar-refractivity contribution in [2.75, 3.05) is 0 Å². The first kappa shape index (κ1) is 22.8. The van der Waals surface area contributed by atoms with Gasteiger partial charge < -0.3 is 10.1 Å². The summed E-state index contributed by atoms with van der Waals surface area (Å²) in [6, 6.07) is 17.7. The highest BCUT2D eigenvalue weighted by atomic mass is 79.9. The van der Waals surface area contributed by atoms with Crippen molar-refractivity contribution in [3.05, 3.63) is 97.0 Å². The van der Waals surface area contributed by atoms with E-state index in [1.54, 1.807) is 18.2 Å². The molecule has 4 nitrogen and oxygen atoms in total. The quantitative estimate of drug-likeness (QED) is 0.329. The maximum atomic E-state index is 13.1. The van der Waals surface area contributed by atoms with E-state index in [0.717, 1.165) is 31.3 Å². The van der Waals surface area contributed by atoms with Crippen LogP contribution in [-0.2, 0) is 11.4 Å². The van der Waals surface area contributed by atoms with Gasteiger partial charge in [0.1, 0.15) is 18.2 Å². The average molecular weight is 576 g/mol. The number of nitrogens with one attached hydrogen (secondary N) is 1. The topological polar surface area (TPSA) is 50.7 Å². The van der Waals surface area contributed by atoms with Crippen molar-refractivity contribution in [1.29, 1.82) is 0 Å². The molecule has 4 rings (SSSR count). The van der Waals surface area contributed by atoms with Gasteiger partial charge in [0.15, 0.2) is 5.17 Å². The van der Waals surface area contributed by atoms with Crippen molar-refractivity contribution in [3.8, 4) is 5.75 Å². The summed E-state index contributed by atoms with van der Waals surface area (Å²) in [6.45, 7) is 2.31. The average Bonchev–Trinajstić information content (AvgIpc) is 3.09. The lowest BCUT2D eigenvalue weighted by molar-refractivity contribution is -0.115. The molecule has 0 unspecified atom stereocenters. The van der Waals surface area contributed by atoms with Gasteiger partial charge in [-0.2, -0.15) is 0 Å². The highest BCUT2D eigenvalue weighted by Gasteiger charge is 2.24. The van der Waals surface area contributed by atoms with E-state index in [0.29, 0.717) is 22.4 Å². The zero-order chi connectivity index (χ0) is 22.7. The van der Waals surface area contributed by atoms with Crippen LogP contribution in [0.4, 0.5) is 10.1 Å². The lowest BCUT2D eigenvalue weighted by Gasteiger charge is -2.11. The first-order chi connectivity index (χ1) is 15.4. The molecule has 8 heteroatoms. The van der Waals surface area contributed by atoms with E-state index >= 15 is 0 Å². The molecule has 1 aliphatic heterocycles. The van der Waals surface area contributed by atoms with Crippen LogP contribution in [0, 0.1) is 12.7 Å². The molecule has 0 saturated carbocycles. The predicted molar refractivity (Wildman–Crippen MR) is 135 cm³/mol. The van der Waals surface area contributed by atoms with Crippen molar-refractivity contribution in [2.24, 2.45) is 4.99 Å². The van der Waals surface area contributed by atoms with Gasteiger partial charge in [-0.05, 0) is 104 Å². The summed E-state index contributed by atoms with van der Waals surface area (Å²) in [5.74, 6) is 0.153. The first-order valence-corrected chi connectivity index (χ1v) is 12.0. The van der Waals surface area contributed by atoms with Crippen LogP contribution in [0.5, 0.6) is 5.75 Å². The molecule has 1 N–H and O–H groups in total. The number of nitrogens with zero attached hydrogens (tertiary/aromatic N) is 1. The van der Waals surface area contributed by atoms with Crippen LogP contribution < -0.4 is 10.1 Å². The fourth-order valence-corrected chi connectivity index (χ4v) is 5.20. The maximum absolute atomic E-state index is 13.1. The Hall–Kier alpha value is -2.42. The normalized spacial score (nSPS) is 15.9. The molecule has 0 bridgehead atoms. The van der Waals surface area contributed by atoms with Crippen LogP contribution in [0.25, 0.3) is 6.08 Å². The van der Waals surface area contributed by atoms with Gasteiger partial charge in [0.2, 0.25) is 0 Å². The zero-order valence-corrected chi connectivity index (χ0v) is 20.9. The molecule has 0 spiro atoms. The van der Waals surface area contributed by atoms with E-state index < -0.39 is 0 Å². The summed E-state index contributed by atoms with van der Waals surface area (Å²) in [7, 11) is 0. The number of hydrogen-bond acceptors (Lipinski definition) is 4. The number of halogens is 3. The van der Waals surface area contributed by atoms with Crippen LogP contribution in [0.15, 0.2) is 79.5 Å². The van der Waals surface area contributed by atoms with Gasteiger partial charge >= 0.3 is 0 Å². The van der Waals surface area contributed by atoms with Gasteiger partial charge in [-0.15, -0.1) is 0 Å². The molecule has 1 heterocycles. The Labute approximate surface area is 206 Å². The number of amides is 1. The fraction of sp³-hybridized carbons (Fsp3) is 0.0833. The predicted octanol–water partition coefficient (Wildman–Crippen LogP) is 7.13. The largest absolute Gasteiger partial charge is 0.487 e. The summed E-state index contributed by atoms with van der Waals surface area (Å²) in [6.07, 6.45) is 1.80. The minimum atomic E-state index is -0.283. The zero-order valence-electron chi connectivity index (χ0n) is 16.9. The number of amidine groups is 1. The van der Waals surface area contributed by atoms with Crippen molar-refractivity contribution in [1.82, 2.24) is 5.32 Å². The Balaban J connectivity index is 1.49. The molecule has 1 amide bonds. The monoisotopic (exact) mass is 574 g/mol. The van der Waals surface area contributed by atoms with E-state index in [2.05, 4.69) is 42.2 Å². The van der Waals surface area contributed by atoms with Crippen LogP contribution in [0.1, 0.15) is 16.7 Å². The third-order valence-electron chi connectivity index (χ3n) is 4.53. The molecule has 0 atom stereocenters. The van der Waals surface area contributed by atoms with Crippen LogP contribution in [-0.4, -0.2) is 11.1 Å². The second-order valence-electron chi connectivity index (χ2n) is 7.05. The third kappa shape index (κ3) is 5.68. The lowest BCUT2D eigenvalue weighted by atomic mass is 10.2. The molecule has 32 heavy (non-hydrogen) atoms. The van der Waals surface area contributed by atoms with Gasteiger partial charge in [-0.3, -0.25) is 4.79 Å². The maximum Gasteiger partial charge on any atom is 0.264 e. The third-order valence-corrected chi connectivity index (χ3v) is 6.62. The first-order valence-electron chi connectivity index (χ1n) is 9.60. The number of aliphatic imine (C=N–C) groups is 1. The van der Waals surface area contributed by atoms with Gasteiger partial charge in [0, 0.05) is 0 Å². The molecule has 1 fully saturated rings. The molecule has 3 aromatic carbocycles. The van der Waals surface area contributed by atoms with Gasteiger partial charge in [-0.25, -0.2) is 9.38 Å². The summed E-state index contributed by atoms with van der Waals surface area (Å²) in [5, 5.41) is 3.35. The Morgan fingerprint density at radius 2 is 1.72 bits per heavy atom. The minimum absolute atomic E-state index is 0.190. The molecular weight excluding hydrogens is 559 g/mol. The second-order valence-corrected chi connectivity index (χ2v) is 9.79. The standard InChI is InChI=1S/C24H17Br2FN2O2S/c1-14-2-8-18(9-3-14)28-24-29-23(30)21(32-24)12-16-10-19(25)22(20(26)11-16)31-13-15-4-6-17(27)7-5-15/h2-12H,13H2,1H3,(H,28,29,30)/b21-12-. The summed E-state index contributed by atoms with van der Waals surface area (Å²) < 4.78 is 20.4. The molecule has 162 valence electrons. The molecule has 1 aliphatic rings. The van der Waals surface area contributed by atoms with Crippen molar-refractivity contribution in [2.45, 2.75) is 13.5 Å². The Morgan fingerprint density at radius 1 is 1.06 bits per heavy atom. The Bertz CT molecular complexity index is 1200. The number of carbonyl (C=O) groups is 1. The summed E-state index contributed by atoms with van der Waals surface area (Å²) >= 11 is 8.36. The van der Waals surface area contributed by atoms with Gasteiger partial charge in [0.05, 0.1) is 19.5 Å². The Morgan fingerprint density at radius 3 is 2.38 bits per heavy atom. The number of thioether (sulfide) groups is 1. The number of hydrogen-bond donors (Lipinski definition) is 1. The summed E-state index contributed by atoms with van der Waals surface area (Å²) in [5.41, 5.74) is 3.62. The van der Waals surface area contributed by atoms with E-state index in [-0.39, 0.29) is 11.7 Å². The Kier molecular flexibility index (Phi) is 7.13. The van der Waals surface area contributed by atoms with E-state index in [9.17, 15) is 9.18 Å². The minimum Gasteiger partial charge on any atom is -0.487 e. The second kappa shape index (κ2) is 10.0. The number of benzene rings is 3. The van der Waals surface area contributed by atoms with Crippen molar-refractivity contribution >= 4 is 66.5 Å². The van der Waals surface area contributed by atoms with Gasteiger partial charge in [0.25, 0.3) is 5.91 Å². The highest BCUT2D eigenvalue weighted by Crippen LogP contribution is 2.37. The molecule has 0 aliphatic carbocycles. The molecule has 3 aromatic rings. The fourth-order valence-electron chi connectivity index (χ4n) is 2.91. The SMILES string of the molecule is Cc1ccc(N=C2NC(=O)/C(=C/c3cc(Br)c(OCc4ccc(F)cc4)c(Br)c3)S2)cc1. The van der Waals surface area contributed by atoms with Crippen molar-refractivity contribution < 1.29 is 13.9 Å². The van der Waals surface area contributed by atoms with Crippen LogP contribution in [0.3, 0.4) is 0 Å². The van der Waals surface area contributed by atoms with Crippen LogP contribution >= 0.6 is 43.6 Å². The van der Waals surface area contributed by atoms with E-state index in [1.165, 1.54) is 23.9 Å². The number of carbonyl (C=O) groups excluding carboxylic acids is 1. The van der Waals surface area contributed by atoms with Gasteiger partial charge in [-0.1, -0.05) is 29.8 Å². The molecular formula is C24H17Br2FN2O2S. The number of rotatable bonds is 5. The van der Waals surface area contributed by atoms with Crippen LogP contribution in [0.2, 0.25) is 0 Å². The lowest BCUT2D eigenvalue weighted by Crippen LogP contribution is -2.19. The number of aryl methyl sites for hydroxylation is 1.